The molecule has 0 aliphatic heterocycles. The molecule has 5 nitrogen and oxygen atoms in total. The number of carbonyl (C=O) groups excluding carboxylic acids is 1. The molecule has 0 aliphatic rings. The lowest BCUT2D eigenvalue weighted by Crippen LogP contribution is -2.40. The topological polar surface area (TPSA) is 61.8 Å². The molecule has 20 heavy (non-hydrogen) atoms. The second-order valence-corrected chi connectivity index (χ2v) is 4.96. The van der Waals surface area contributed by atoms with Crippen LogP contribution in [0, 0.1) is 0 Å². The molecule has 0 spiro atoms. The Morgan fingerprint density at radius 3 is 2.50 bits per heavy atom. The molecule has 0 aliphatic carbocycles. The van der Waals surface area contributed by atoms with Crippen molar-refractivity contribution >= 4 is 11.6 Å². The smallest absolute Gasteiger partial charge is 0.220 e. The van der Waals surface area contributed by atoms with Gasteiger partial charge in [0.15, 0.2) is 0 Å². The van der Waals surface area contributed by atoms with Gasteiger partial charge in [-0.25, -0.2) is 0 Å². The van der Waals surface area contributed by atoms with E-state index in [4.69, 9.17) is 9.84 Å². The van der Waals surface area contributed by atoms with Crippen molar-refractivity contribution in [2.24, 2.45) is 0 Å². The van der Waals surface area contributed by atoms with Crippen LogP contribution < -0.4 is 10.2 Å². The molecule has 1 rings (SSSR count). The van der Waals surface area contributed by atoms with E-state index in [1.165, 1.54) is 0 Å². The monoisotopic (exact) mass is 280 g/mol. The van der Waals surface area contributed by atoms with Gasteiger partial charge in [-0.05, 0) is 24.1 Å². The first-order valence-corrected chi connectivity index (χ1v) is 6.72. The molecule has 0 aromatic heterocycles. The Morgan fingerprint density at radius 1 is 1.35 bits per heavy atom. The average molecular weight is 280 g/mol. The number of hydrogen-bond acceptors (Lipinski definition) is 4. The fourth-order valence-electron chi connectivity index (χ4n) is 1.86. The van der Waals surface area contributed by atoms with Crippen LogP contribution in [-0.2, 0) is 16.0 Å². The summed E-state index contributed by atoms with van der Waals surface area (Å²) in [5.74, 6) is -0.0715. The lowest BCUT2D eigenvalue weighted by Gasteiger charge is -2.15. The predicted molar refractivity (Wildman–Crippen MR) is 80.0 cm³/mol. The first kappa shape index (κ1) is 16.5. The highest BCUT2D eigenvalue weighted by Gasteiger charge is 2.10. The number of aliphatic hydroxyl groups excluding tert-OH is 1. The van der Waals surface area contributed by atoms with Gasteiger partial charge in [0.05, 0.1) is 19.3 Å². The van der Waals surface area contributed by atoms with Gasteiger partial charge in [0.2, 0.25) is 5.91 Å². The van der Waals surface area contributed by atoms with Gasteiger partial charge in [0.1, 0.15) is 0 Å². The molecule has 0 heterocycles. The maximum atomic E-state index is 11.7. The molecular formula is C15H24N2O3. The van der Waals surface area contributed by atoms with Gasteiger partial charge in [-0.2, -0.15) is 0 Å². The van der Waals surface area contributed by atoms with Crippen molar-refractivity contribution in [1.82, 2.24) is 5.32 Å². The van der Waals surface area contributed by atoms with Gasteiger partial charge in [-0.1, -0.05) is 12.1 Å². The highest BCUT2D eigenvalue weighted by atomic mass is 16.5. The average Bonchev–Trinajstić information content (AvgIpc) is 2.45. The van der Waals surface area contributed by atoms with Crippen molar-refractivity contribution in [3.8, 4) is 0 Å². The van der Waals surface area contributed by atoms with Crippen LogP contribution in [0.4, 0.5) is 5.69 Å². The molecular weight excluding hydrogens is 256 g/mol. The zero-order chi connectivity index (χ0) is 15.0. The number of amides is 1. The minimum Gasteiger partial charge on any atom is -0.394 e. The SMILES string of the molecule is COCC(CO)NC(=O)CCc1ccc(N(C)C)cc1. The molecule has 1 amide bonds. The molecule has 112 valence electrons. The molecule has 2 N–H and O–H groups in total. The quantitative estimate of drug-likeness (QED) is 0.740. The predicted octanol–water partition coefficient (Wildman–Crippen LogP) is 0.809. The van der Waals surface area contributed by atoms with Crippen molar-refractivity contribution in [3.05, 3.63) is 29.8 Å². The molecule has 1 aromatic rings. The third-order valence-electron chi connectivity index (χ3n) is 3.05. The molecule has 0 bridgehead atoms. The van der Waals surface area contributed by atoms with Gasteiger partial charge in [-0.3, -0.25) is 4.79 Å². The Kier molecular flexibility index (Phi) is 7.04. The van der Waals surface area contributed by atoms with Crippen LogP contribution in [0.15, 0.2) is 24.3 Å². The minimum atomic E-state index is -0.330. The number of aliphatic hydroxyl groups is 1. The summed E-state index contributed by atoms with van der Waals surface area (Å²) in [5.41, 5.74) is 2.26. The van der Waals surface area contributed by atoms with Gasteiger partial charge < -0.3 is 20.1 Å². The van der Waals surface area contributed by atoms with E-state index in [-0.39, 0.29) is 18.6 Å². The number of nitrogens with zero attached hydrogens (tertiary/aromatic N) is 1. The van der Waals surface area contributed by atoms with Crippen molar-refractivity contribution in [1.29, 1.82) is 0 Å². The van der Waals surface area contributed by atoms with Crippen LogP contribution in [0.5, 0.6) is 0 Å². The number of ether oxygens (including phenoxy) is 1. The van der Waals surface area contributed by atoms with E-state index >= 15 is 0 Å². The van der Waals surface area contributed by atoms with Gasteiger partial charge in [0.25, 0.3) is 0 Å². The fourth-order valence-corrected chi connectivity index (χ4v) is 1.86. The number of nitrogens with one attached hydrogen (secondary N) is 1. The van der Waals surface area contributed by atoms with Crippen LogP contribution in [0.2, 0.25) is 0 Å². The molecule has 5 heteroatoms. The van der Waals surface area contributed by atoms with Crippen molar-refractivity contribution < 1.29 is 14.6 Å². The number of anilines is 1. The Hall–Kier alpha value is -1.59. The molecule has 0 fully saturated rings. The zero-order valence-corrected chi connectivity index (χ0v) is 12.4. The van der Waals surface area contributed by atoms with Crippen LogP contribution in [0.25, 0.3) is 0 Å². The fraction of sp³-hybridized carbons (Fsp3) is 0.533. The highest BCUT2D eigenvalue weighted by Crippen LogP contribution is 2.13. The molecule has 1 unspecified atom stereocenters. The third kappa shape index (κ3) is 5.59. The zero-order valence-electron chi connectivity index (χ0n) is 12.4. The summed E-state index contributed by atoms with van der Waals surface area (Å²) in [4.78, 5) is 13.8. The molecule has 0 saturated heterocycles. The number of hydrogen-bond donors (Lipinski definition) is 2. The van der Waals surface area contributed by atoms with E-state index in [1.54, 1.807) is 7.11 Å². The Bertz CT molecular complexity index is 404. The number of carbonyl (C=O) groups is 1. The minimum absolute atomic E-state index is 0.0715. The van der Waals surface area contributed by atoms with Gasteiger partial charge in [0, 0.05) is 33.3 Å². The number of rotatable bonds is 8. The second kappa shape index (κ2) is 8.55. The van der Waals surface area contributed by atoms with Gasteiger partial charge in [-0.15, -0.1) is 0 Å². The number of methoxy groups -OCH3 is 1. The summed E-state index contributed by atoms with van der Waals surface area (Å²) >= 11 is 0. The summed E-state index contributed by atoms with van der Waals surface area (Å²) in [5, 5.41) is 11.8. The Labute approximate surface area is 120 Å². The van der Waals surface area contributed by atoms with E-state index in [2.05, 4.69) is 5.32 Å². The van der Waals surface area contributed by atoms with Gasteiger partial charge >= 0.3 is 0 Å². The van der Waals surface area contributed by atoms with Crippen molar-refractivity contribution in [2.75, 3.05) is 39.3 Å². The van der Waals surface area contributed by atoms with E-state index in [9.17, 15) is 4.79 Å². The largest absolute Gasteiger partial charge is 0.394 e. The maximum Gasteiger partial charge on any atom is 0.220 e. The third-order valence-corrected chi connectivity index (χ3v) is 3.05. The summed E-state index contributed by atoms with van der Waals surface area (Å²) in [7, 11) is 5.53. The lowest BCUT2D eigenvalue weighted by atomic mass is 10.1. The van der Waals surface area contributed by atoms with Crippen LogP contribution >= 0.6 is 0 Å². The second-order valence-electron chi connectivity index (χ2n) is 4.96. The van der Waals surface area contributed by atoms with Crippen LogP contribution in [0.3, 0.4) is 0 Å². The van der Waals surface area contributed by atoms with Crippen LogP contribution in [0.1, 0.15) is 12.0 Å². The lowest BCUT2D eigenvalue weighted by molar-refractivity contribution is -0.122. The first-order valence-electron chi connectivity index (χ1n) is 6.72. The van der Waals surface area contributed by atoms with E-state index < -0.39 is 0 Å². The normalized spacial score (nSPS) is 12.0. The summed E-state index contributed by atoms with van der Waals surface area (Å²) in [6.07, 6.45) is 1.09. The molecule has 1 atom stereocenters. The van der Waals surface area contributed by atoms with Crippen LogP contribution in [-0.4, -0.2) is 51.5 Å². The first-order chi connectivity index (χ1) is 9.56. The van der Waals surface area contributed by atoms with E-state index in [0.717, 1.165) is 11.3 Å². The van der Waals surface area contributed by atoms with E-state index in [0.29, 0.717) is 19.4 Å². The van der Waals surface area contributed by atoms with Crippen molar-refractivity contribution in [3.63, 3.8) is 0 Å². The Balaban J connectivity index is 2.40. The maximum absolute atomic E-state index is 11.7. The molecule has 1 aromatic carbocycles. The highest BCUT2D eigenvalue weighted by molar-refractivity contribution is 5.76. The number of aryl methyl sites for hydroxylation is 1. The number of benzene rings is 1. The standard InChI is InChI=1S/C15H24N2O3/c1-17(2)14-7-4-12(5-8-14)6-9-15(19)16-13(10-18)11-20-3/h4-5,7-8,13,18H,6,9-11H2,1-3H3,(H,16,19). The van der Waals surface area contributed by atoms with E-state index in [1.807, 2.05) is 43.3 Å². The summed E-state index contributed by atoms with van der Waals surface area (Å²) < 4.78 is 4.91. The van der Waals surface area contributed by atoms with Crippen molar-refractivity contribution in [2.45, 2.75) is 18.9 Å². The molecule has 0 radical (unpaired) electrons. The Morgan fingerprint density at radius 2 is 2.00 bits per heavy atom. The summed E-state index contributed by atoms with van der Waals surface area (Å²) in [6.45, 7) is 0.205. The molecule has 0 saturated carbocycles. The summed E-state index contributed by atoms with van der Waals surface area (Å²) in [6, 6.07) is 7.80.